The maximum atomic E-state index is 4.82. The summed E-state index contributed by atoms with van der Waals surface area (Å²) in [5.41, 5.74) is 8.73. The molecule has 0 unspecified atom stereocenters. The molecule has 0 atom stereocenters. The smallest absolute Gasteiger partial charge is 0.204 e. The number of aromatic nitrogens is 1. The third kappa shape index (κ3) is 4.61. The van der Waals surface area contributed by atoms with E-state index in [2.05, 4.69) is 85.0 Å². The highest BCUT2D eigenvalue weighted by Crippen LogP contribution is 2.38. The van der Waals surface area contributed by atoms with Gasteiger partial charge in [0.15, 0.2) is 0 Å². The monoisotopic (exact) mass is 397 g/mol. The van der Waals surface area contributed by atoms with Crippen LogP contribution in [0.5, 0.6) is 0 Å². The lowest BCUT2D eigenvalue weighted by Gasteiger charge is -2.04. The van der Waals surface area contributed by atoms with Crippen molar-refractivity contribution in [3.63, 3.8) is 0 Å². The van der Waals surface area contributed by atoms with E-state index in [0.29, 0.717) is 5.92 Å². The number of nitrogens with zero attached hydrogens (tertiary/aromatic N) is 2. The van der Waals surface area contributed by atoms with Crippen molar-refractivity contribution in [1.29, 1.82) is 0 Å². The van der Waals surface area contributed by atoms with Gasteiger partial charge in [-0.15, -0.1) is 0 Å². The van der Waals surface area contributed by atoms with Crippen molar-refractivity contribution in [2.24, 2.45) is 5.10 Å². The molecule has 3 aromatic carbocycles. The van der Waals surface area contributed by atoms with E-state index in [9.17, 15) is 0 Å². The van der Waals surface area contributed by atoms with Crippen LogP contribution in [0.4, 0.5) is 5.13 Å². The van der Waals surface area contributed by atoms with E-state index in [0.717, 1.165) is 32.4 Å². The van der Waals surface area contributed by atoms with Crippen LogP contribution in [0, 0.1) is 0 Å². The van der Waals surface area contributed by atoms with Gasteiger partial charge < -0.3 is 0 Å². The predicted molar refractivity (Wildman–Crippen MR) is 125 cm³/mol. The molecule has 1 heterocycles. The van der Waals surface area contributed by atoms with Gasteiger partial charge in [0.1, 0.15) is 0 Å². The Balaban J connectivity index is 1.59. The number of benzene rings is 3. The molecule has 0 fully saturated rings. The first-order chi connectivity index (χ1) is 14.2. The number of hydrogen-bond acceptors (Lipinski definition) is 4. The lowest BCUT2D eigenvalue weighted by Crippen LogP contribution is -1.91. The molecule has 3 nitrogen and oxygen atoms in total. The summed E-state index contributed by atoms with van der Waals surface area (Å²) >= 11 is 1.61. The summed E-state index contributed by atoms with van der Waals surface area (Å²) in [6.45, 7) is 4.39. The molecule has 4 heteroatoms. The Morgan fingerprint density at radius 3 is 2.07 bits per heavy atom. The number of thiazole rings is 1. The van der Waals surface area contributed by atoms with Crippen LogP contribution in [0.15, 0.2) is 90.0 Å². The van der Waals surface area contributed by atoms with Crippen molar-refractivity contribution in [3.8, 4) is 21.7 Å². The largest absolute Gasteiger partial charge is 0.253 e. The lowest BCUT2D eigenvalue weighted by molar-refractivity contribution is 0.866. The van der Waals surface area contributed by atoms with E-state index in [1.807, 2.05) is 30.5 Å². The predicted octanol–water partition coefficient (Wildman–Crippen LogP) is 7.05. The highest BCUT2D eigenvalue weighted by molar-refractivity contribution is 7.19. The average molecular weight is 398 g/mol. The summed E-state index contributed by atoms with van der Waals surface area (Å²) in [5.74, 6) is 0.530. The van der Waals surface area contributed by atoms with Gasteiger partial charge in [-0.25, -0.2) is 4.98 Å². The summed E-state index contributed by atoms with van der Waals surface area (Å²) in [4.78, 5) is 5.95. The van der Waals surface area contributed by atoms with Gasteiger partial charge in [0, 0.05) is 5.56 Å². The molecular weight excluding hydrogens is 374 g/mol. The van der Waals surface area contributed by atoms with Gasteiger partial charge in [-0.05, 0) is 22.6 Å². The zero-order valence-electron chi connectivity index (χ0n) is 16.5. The normalized spacial score (nSPS) is 11.3. The van der Waals surface area contributed by atoms with Gasteiger partial charge in [-0.3, -0.25) is 5.43 Å². The third-order valence-electron chi connectivity index (χ3n) is 4.69. The van der Waals surface area contributed by atoms with Crippen LogP contribution < -0.4 is 5.43 Å². The van der Waals surface area contributed by atoms with Crippen LogP contribution in [-0.4, -0.2) is 11.2 Å². The number of hydrogen-bond donors (Lipinski definition) is 1. The summed E-state index contributed by atoms with van der Waals surface area (Å²) in [6.07, 6.45) is 1.83. The second kappa shape index (κ2) is 8.84. The molecule has 0 spiro atoms. The molecule has 0 amide bonds. The number of hydrazone groups is 1. The maximum Gasteiger partial charge on any atom is 0.204 e. The molecule has 29 heavy (non-hydrogen) atoms. The molecular formula is C25H23N3S. The Kier molecular flexibility index (Phi) is 5.82. The van der Waals surface area contributed by atoms with Gasteiger partial charge in [0.25, 0.3) is 0 Å². The Morgan fingerprint density at radius 2 is 1.45 bits per heavy atom. The summed E-state index contributed by atoms with van der Waals surface area (Å²) < 4.78 is 0. The van der Waals surface area contributed by atoms with Crippen LogP contribution in [-0.2, 0) is 0 Å². The Labute approximate surface area is 175 Å². The average Bonchev–Trinajstić information content (AvgIpc) is 3.20. The van der Waals surface area contributed by atoms with E-state index in [1.165, 1.54) is 5.56 Å². The van der Waals surface area contributed by atoms with Crippen LogP contribution in [0.2, 0.25) is 0 Å². The van der Waals surface area contributed by atoms with Crippen LogP contribution in [0.25, 0.3) is 21.7 Å². The number of anilines is 1. The number of rotatable bonds is 6. The molecule has 0 saturated heterocycles. The Hall–Kier alpha value is -3.24. The van der Waals surface area contributed by atoms with E-state index in [1.54, 1.807) is 11.3 Å². The highest BCUT2D eigenvalue weighted by Gasteiger charge is 2.14. The molecule has 0 aliphatic carbocycles. The zero-order valence-corrected chi connectivity index (χ0v) is 17.4. The third-order valence-corrected chi connectivity index (χ3v) is 5.70. The minimum atomic E-state index is 0.530. The molecule has 144 valence electrons. The molecule has 1 N–H and O–H groups in total. The Morgan fingerprint density at radius 1 is 0.828 bits per heavy atom. The van der Waals surface area contributed by atoms with Crippen molar-refractivity contribution < 1.29 is 0 Å². The van der Waals surface area contributed by atoms with Crippen molar-refractivity contribution in [1.82, 2.24) is 4.98 Å². The minimum absolute atomic E-state index is 0.530. The maximum absolute atomic E-state index is 4.82. The van der Waals surface area contributed by atoms with Crippen molar-refractivity contribution in [2.45, 2.75) is 19.8 Å². The zero-order chi connectivity index (χ0) is 20.1. The molecule has 1 aromatic heterocycles. The van der Waals surface area contributed by atoms with Crippen LogP contribution in [0.1, 0.15) is 30.9 Å². The van der Waals surface area contributed by atoms with Gasteiger partial charge in [-0.1, -0.05) is 110 Å². The van der Waals surface area contributed by atoms with E-state index >= 15 is 0 Å². The molecule has 4 aromatic rings. The van der Waals surface area contributed by atoms with E-state index < -0.39 is 0 Å². The van der Waals surface area contributed by atoms with Crippen LogP contribution in [0.3, 0.4) is 0 Å². The molecule has 0 bridgehead atoms. The fourth-order valence-corrected chi connectivity index (χ4v) is 4.02. The lowest BCUT2D eigenvalue weighted by atomic mass is 10.0. The standard InChI is InChI=1S/C25H23N3S/c1-18(2)20-15-13-19(14-16-20)17-26-28-25-27-23(21-9-5-3-6-10-21)24(29-25)22-11-7-4-8-12-22/h3-18H,1-2H3,(H,27,28)/b26-17+. The molecule has 0 aliphatic heterocycles. The summed E-state index contributed by atoms with van der Waals surface area (Å²) in [7, 11) is 0. The van der Waals surface area contributed by atoms with Gasteiger partial charge in [0.2, 0.25) is 5.13 Å². The van der Waals surface area contributed by atoms with Crippen molar-refractivity contribution in [3.05, 3.63) is 96.1 Å². The quantitative estimate of drug-likeness (QED) is 0.280. The first-order valence-corrected chi connectivity index (χ1v) is 10.5. The second-order valence-corrected chi connectivity index (χ2v) is 8.12. The molecule has 0 radical (unpaired) electrons. The first-order valence-electron chi connectivity index (χ1n) is 9.71. The topological polar surface area (TPSA) is 37.3 Å². The first kappa shape index (κ1) is 19.1. The Bertz CT molecular complexity index is 1030. The van der Waals surface area contributed by atoms with Crippen LogP contribution >= 0.6 is 11.3 Å². The van der Waals surface area contributed by atoms with Gasteiger partial charge in [-0.2, -0.15) is 5.10 Å². The SMILES string of the molecule is CC(C)c1ccc(/C=N/Nc2nc(-c3ccccc3)c(-c3ccccc3)s2)cc1. The molecule has 4 rings (SSSR count). The summed E-state index contributed by atoms with van der Waals surface area (Å²) in [5, 5.41) is 5.18. The van der Waals surface area contributed by atoms with Crippen molar-refractivity contribution in [2.75, 3.05) is 5.43 Å². The summed E-state index contributed by atoms with van der Waals surface area (Å²) in [6, 6.07) is 29.1. The van der Waals surface area contributed by atoms with Crippen molar-refractivity contribution >= 4 is 22.7 Å². The molecule has 0 aliphatic rings. The minimum Gasteiger partial charge on any atom is -0.253 e. The van der Waals surface area contributed by atoms with E-state index in [4.69, 9.17) is 4.98 Å². The fourth-order valence-electron chi connectivity index (χ4n) is 3.07. The van der Waals surface area contributed by atoms with E-state index in [-0.39, 0.29) is 0 Å². The highest BCUT2D eigenvalue weighted by atomic mass is 32.1. The fraction of sp³-hybridized carbons (Fsp3) is 0.120. The second-order valence-electron chi connectivity index (χ2n) is 7.12. The van der Waals surface area contributed by atoms with Gasteiger partial charge >= 0.3 is 0 Å². The molecule has 0 saturated carbocycles. The number of nitrogens with one attached hydrogen (secondary N) is 1. The van der Waals surface area contributed by atoms with Gasteiger partial charge in [0.05, 0.1) is 16.8 Å².